The number of carbonyl (C=O) groups is 1. The molecular weight excluding hydrogens is 362 g/mol. The number of amides is 1. The van der Waals surface area contributed by atoms with Crippen molar-refractivity contribution < 1.29 is 18.3 Å². The summed E-state index contributed by atoms with van der Waals surface area (Å²) in [6, 6.07) is 5.76. The predicted octanol–water partition coefficient (Wildman–Crippen LogP) is 3.67. The highest BCUT2D eigenvalue weighted by Gasteiger charge is 2.30. The Morgan fingerprint density at radius 2 is 2.12 bits per heavy atom. The van der Waals surface area contributed by atoms with Crippen LogP contribution in [0.5, 0.6) is 5.75 Å². The van der Waals surface area contributed by atoms with Gasteiger partial charge in [-0.15, -0.1) is 16.8 Å². The Kier molecular flexibility index (Phi) is 5.87. The molecular formula is C17H18F2N4O2S. The fourth-order valence-corrected chi connectivity index (χ4v) is 3.15. The molecule has 1 aromatic carbocycles. The number of benzene rings is 1. The van der Waals surface area contributed by atoms with Gasteiger partial charge >= 0.3 is 6.61 Å². The van der Waals surface area contributed by atoms with Crippen LogP contribution in [-0.2, 0) is 11.3 Å². The smallest absolute Gasteiger partial charge is 0.387 e. The lowest BCUT2D eigenvalue weighted by atomic mass is 10.3. The first kappa shape index (κ1) is 18.4. The number of hydrogen-bond donors (Lipinski definition) is 1. The van der Waals surface area contributed by atoms with E-state index < -0.39 is 6.61 Å². The van der Waals surface area contributed by atoms with Crippen LogP contribution in [0, 0.1) is 0 Å². The zero-order valence-corrected chi connectivity index (χ0v) is 14.7. The minimum Gasteiger partial charge on any atom is -0.435 e. The Morgan fingerprint density at radius 3 is 2.73 bits per heavy atom. The van der Waals surface area contributed by atoms with Crippen LogP contribution in [0.3, 0.4) is 0 Å². The molecule has 1 N–H and O–H groups in total. The lowest BCUT2D eigenvalue weighted by Gasteiger charge is -2.08. The van der Waals surface area contributed by atoms with Gasteiger partial charge in [0.2, 0.25) is 5.91 Å². The van der Waals surface area contributed by atoms with Crippen LogP contribution in [0.15, 0.2) is 42.1 Å². The van der Waals surface area contributed by atoms with Gasteiger partial charge in [0.1, 0.15) is 11.6 Å². The van der Waals surface area contributed by atoms with Gasteiger partial charge in [0.05, 0.1) is 5.75 Å². The number of nitrogens with one attached hydrogen (secondary N) is 1. The molecule has 0 atom stereocenters. The second-order valence-corrected chi connectivity index (χ2v) is 6.70. The molecule has 0 spiro atoms. The summed E-state index contributed by atoms with van der Waals surface area (Å²) in [5, 5.41) is 11.8. The van der Waals surface area contributed by atoms with E-state index in [0.29, 0.717) is 23.3 Å². The van der Waals surface area contributed by atoms with Gasteiger partial charge < -0.3 is 14.6 Å². The molecule has 2 aromatic rings. The average Bonchev–Trinajstić information content (AvgIpc) is 3.37. The highest BCUT2D eigenvalue weighted by molar-refractivity contribution is 7.99. The van der Waals surface area contributed by atoms with Gasteiger partial charge in [-0.3, -0.25) is 4.79 Å². The standard InChI is InChI=1S/C17H18F2N4O2S/c1-2-9-23-15(11-3-4-11)21-22-17(23)26-10-14(24)20-12-5-7-13(8-6-12)25-16(18)19/h2,5-8,11,16H,1,3-4,9-10H2,(H,20,24). The van der Waals surface area contributed by atoms with E-state index in [0.717, 1.165) is 18.7 Å². The summed E-state index contributed by atoms with van der Waals surface area (Å²) in [5.74, 6) is 1.38. The molecule has 0 radical (unpaired) electrons. The summed E-state index contributed by atoms with van der Waals surface area (Å²) in [7, 11) is 0. The molecule has 1 heterocycles. The van der Waals surface area contributed by atoms with Gasteiger partial charge in [0.15, 0.2) is 5.16 Å². The van der Waals surface area contributed by atoms with E-state index in [2.05, 4.69) is 26.8 Å². The van der Waals surface area contributed by atoms with Crippen LogP contribution >= 0.6 is 11.8 Å². The third kappa shape index (κ3) is 4.81. The number of halogens is 2. The predicted molar refractivity (Wildman–Crippen MR) is 94.6 cm³/mol. The van der Waals surface area contributed by atoms with Crippen LogP contribution in [-0.4, -0.2) is 33.0 Å². The number of rotatable bonds is 9. The second-order valence-electron chi connectivity index (χ2n) is 5.75. The van der Waals surface area contributed by atoms with Crippen LogP contribution in [0.1, 0.15) is 24.6 Å². The van der Waals surface area contributed by atoms with Crippen molar-refractivity contribution in [1.82, 2.24) is 14.8 Å². The van der Waals surface area contributed by atoms with E-state index in [1.54, 1.807) is 6.08 Å². The number of allylic oxidation sites excluding steroid dienone is 1. The molecule has 0 bridgehead atoms. The molecule has 3 rings (SSSR count). The average molecular weight is 380 g/mol. The van der Waals surface area contributed by atoms with E-state index in [4.69, 9.17) is 0 Å². The molecule has 1 aliphatic rings. The fraction of sp³-hybridized carbons (Fsp3) is 0.353. The fourth-order valence-electron chi connectivity index (χ4n) is 2.40. The Labute approximate surface area is 153 Å². The van der Waals surface area contributed by atoms with Gasteiger partial charge in [0, 0.05) is 18.2 Å². The highest BCUT2D eigenvalue weighted by Crippen LogP contribution is 2.40. The zero-order chi connectivity index (χ0) is 18.5. The van der Waals surface area contributed by atoms with E-state index in [-0.39, 0.29) is 17.4 Å². The van der Waals surface area contributed by atoms with E-state index >= 15 is 0 Å². The zero-order valence-electron chi connectivity index (χ0n) is 13.9. The van der Waals surface area contributed by atoms with Crippen LogP contribution in [0.4, 0.5) is 14.5 Å². The molecule has 1 fully saturated rings. The van der Waals surface area contributed by atoms with Crippen molar-refractivity contribution in [2.45, 2.75) is 37.1 Å². The van der Waals surface area contributed by atoms with Gasteiger partial charge in [0.25, 0.3) is 0 Å². The number of hydrogen-bond acceptors (Lipinski definition) is 5. The first-order valence-electron chi connectivity index (χ1n) is 8.08. The summed E-state index contributed by atoms with van der Waals surface area (Å²) in [6.07, 6.45) is 4.01. The van der Waals surface area contributed by atoms with Crippen molar-refractivity contribution in [3.05, 3.63) is 42.7 Å². The van der Waals surface area contributed by atoms with E-state index in [1.165, 1.54) is 36.0 Å². The number of aromatic nitrogens is 3. The Hall–Kier alpha value is -2.42. The first-order valence-corrected chi connectivity index (χ1v) is 9.07. The largest absolute Gasteiger partial charge is 0.435 e. The Bertz CT molecular complexity index is 776. The summed E-state index contributed by atoms with van der Waals surface area (Å²) in [6.45, 7) is 1.48. The number of carbonyl (C=O) groups excluding carboxylic acids is 1. The molecule has 0 unspecified atom stereocenters. The lowest BCUT2D eigenvalue weighted by Crippen LogP contribution is -2.14. The van der Waals surface area contributed by atoms with Crippen molar-refractivity contribution in [1.29, 1.82) is 0 Å². The SMILES string of the molecule is C=CCn1c(SCC(=O)Nc2ccc(OC(F)F)cc2)nnc1C1CC1. The van der Waals surface area contributed by atoms with Gasteiger partial charge in [-0.2, -0.15) is 8.78 Å². The molecule has 6 nitrogen and oxygen atoms in total. The lowest BCUT2D eigenvalue weighted by molar-refractivity contribution is -0.113. The highest BCUT2D eigenvalue weighted by atomic mass is 32.2. The summed E-state index contributed by atoms with van der Waals surface area (Å²) in [5.41, 5.74) is 0.503. The second kappa shape index (κ2) is 8.31. The normalized spacial score (nSPS) is 13.7. The number of anilines is 1. The maximum Gasteiger partial charge on any atom is 0.387 e. The first-order chi connectivity index (χ1) is 12.6. The third-order valence-electron chi connectivity index (χ3n) is 3.70. The molecule has 1 aromatic heterocycles. The summed E-state index contributed by atoms with van der Waals surface area (Å²) < 4.78 is 30.5. The van der Waals surface area contributed by atoms with E-state index in [9.17, 15) is 13.6 Å². The maximum absolute atomic E-state index is 12.1. The third-order valence-corrected chi connectivity index (χ3v) is 4.66. The minimum absolute atomic E-state index is 0.0394. The quantitative estimate of drug-likeness (QED) is 0.531. The van der Waals surface area contributed by atoms with Crippen LogP contribution in [0.2, 0.25) is 0 Å². The van der Waals surface area contributed by atoms with E-state index in [1.807, 2.05) is 4.57 Å². The monoisotopic (exact) mass is 380 g/mol. The Balaban J connectivity index is 1.55. The molecule has 0 aliphatic heterocycles. The number of nitrogens with zero attached hydrogens (tertiary/aromatic N) is 3. The number of thioether (sulfide) groups is 1. The molecule has 26 heavy (non-hydrogen) atoms. The minimum atomic E-state index is -2.87. The van der Waals surface area contributed by atoms with Crippen LogP contribution < -0.4 is 10.1 Å². The molecule has 1 saturated carbocycles. The molecule has 9 heteroatoms. The molecule has 1 amide bonds. The van der Waals surface area contributed by atoms with Crippen molar-refractivity contribution in [3.63, 3.8) is 0 Å². The maximum atomic E-state index is 12.1. The van der Waals surface area contributed by atoms with Crippen molar-refractivity contribution in [3.8, 4) is 5.75 Å². The van der Waals surface area contributed by atoms with Crippen molar-refractivity contribution in [2.24, 2.45) is 0 Å². The molecule has 0 saturated heterocycles. The van der Waals surface area contributed by atoms with Gasteiger partial charge in [-0.25, -0.2) is 0 Å². The number of ether oxygens (including phenoxy) is 1. The van der Waals surface area contributed by atoms with Gasteiger partial charge in [-0.05, 0) is 37.1 Å². The topological polar surface area (TPSA) is 69.0 Å². The molecule has 1 aliphatic carbocycles. The number of alkyl halides is 2. The van der Waals surface area contributed by atoms with Crippen molar-refractivity contribution >= 4 is 23.4 Å². The van der Waals surface area contributed by atoms with Gasteiger partial charge in [-0.1, -0.05) is 17.8 Å². The summed E-state index contributed by atoms with van der Waals surface area (Å²) >= 11 is 1.30. The van der Waals surface area contributed by atoms with Crippen LogP contribution in [0.25, 0.3) is 0 Å². The molecule has 138 valence electrons. The van der Waals surface area contributed by atoms with Crippen molar-refractivity contribution in [2.75, 3.05) is 11.1 Å². The Morgan fingerprint density at radius 1 is 1.38 bits per heavy atom. The summed E-state index contributed by atoms with van der Waals surface area (Å²) in [4.78, 5) is 12.1.